The van der Waals surface area contributed by atoms with Gasteiger partial charge in [0.2, 0.25) is 0 Å². The van der Waals surface area contributed by atoms with Crippen molar-refractivity contribution in [3.8, 4) is 6.01 Å². The first-order valence-electron chi connectivity index (χ1n) is 5.77. The van der Waals surface area contributed by atoms with Gasteiger partial charge in [-0.15, -0.1) is 11.3 Å². The zero-order valence-corrected chi connectivity index (χ0v) is 11.7. The van der Waals surface area contributed by atoms with Gasteiger partial charge in [0.05, 0.1) is 6.61 Å². The van der Waals surface area contributed by atoms with E-state index in [1.54, 1.807) is 29.8 Å². The quantitative estimate of drug-likeness (QED) is 0.741. The van der Waals surface area contributed by atoms with Crippen LogP contribution < -0.4 is 9.64 Å². The molecule has 20 heavy (non-hydrogen) atoms. The van der Waals surface area contributed by atoms with E-state index in [0.717, 1.165) is 18.1 Å². The Labute approximate surface area is 120 Å². The highest BCUT2D eigenvalue weighted by atomic mass is 32.1. The van der Waals surface area contributed by atoms with Gasteiger partial charge in [-0.2, -0.15) is 9.59 Å². The molecule has 0 amide bonds. The molecule has 0 spiro atoms. The highest BCUT2D eigenvalue weighted by molar-refractivity contribution is 7.13. The predicted octanol–water partition coefficient (Wildman–Crippen LogP) is 1.25. The summed E-state index contributed by atoms with van der Waals surface area (Å²) in [5.74, 6) is 0. The smallest absolute Gasteiger partial charge is 0.373 e. The van der Waals surface area contributed by atoms with Crippen molar-refractivity contribution in [1.29, 1.82) is 0 Å². The lowest BCUT2D eigenvalue weighted by Gasteiger charge is -2.15. The van der Waals surface area contributed by atoms with Gasteiger partial charge in [0, 0.05) is 37.6 Å². The van der Waals surface area contributed by atoms with Crippen molar-refractivity contribution >= 4 is 22.6 Å². The monoisotopic (exact) mass is 294 g/mol. The van der Waals surface area contributed by atoms with E-state index in [1.165, 1.54) is 0 Å². The summed E-state index contributed by atoms with van der Waals surface area (Å²) in [5.41, 5.74) is 0. The largest absolute Gasteiger partial charge is 0.463 e. The van der Waals surface area contributed by atoms with Crippen LogP contribution in [0.3, 0.4) is 0 Å². The van der Waals surface area contributed by atoms with Gasteiger partial charge in [-0.1, -0.05) is 0 Å². The van der Waals surface area contributed by atoms with Gasteiger partial charge in [-0.05, 0) is 12.5 Å². The van der Waals surface area contributed by atoms with Gasteiger partial charge < -0.3 is 9.64 Å². The lowest BCUT2D eigenvalue weighted by Crippen LogP contribution is -2.20. The Kier molecular flexibility index (Phi) is 7.56. The van der Waals surface area contributed by atoms with Crippen molar-refractivity contribution in [1.82, 2.24) is 15.0 Å². The molecule has 8 heteroatoms. The second-order valence-corrected chi connectivity index (χ2v) is 4.43. The van der Waals surface area contributed by atoms with Crippen molar-refractivity contribution in [2.45, 2.75) is 6.42 Å². The summed E-state index contributed by atoms with van der Waals surface area (Å²) in [6.45, 7) is 1.51. The Morgan fingerprint density at radius 1 is 1.25 bits per heavy atom. The number of hydrogen-bond acceptors (Lipinski definition) is 8. The molecule has 0 saturated heterocycles. The average molecular weight is 294 g/mol. The van der Waals surface area contributed by atoms with Gasteiger partial charge >= 0.3 is 12.2 Å². The van der Waals surface area contributed by atoms with Crippen LogP contribution in [0.25, 0.3) is 0 Å². The Hall–Kier alpha value is -2.31. The zero-order chi connectivity index (χ0) is 14.6. The molecule has 0 atom stereocenters. The molecule has 2 rings (SSSR count). The molecule has 0 aliphatic heterocycles. The summed E-state index contributed by atoms with van der Waals surface area (Å²) < 4.78 is 5.41. The van der Waals surface area contributed by atoms with Crippen LogP contribution in [0.15, 0.2) is 30.0 Å². The molecular weight excluding hydrogens is 280 g/mol. The molecule has 0 aliphatic carbocycles. The van der Waals surface area contributed by atoms with Crippen molar-refractivity contribution in [2.75, 3.05) is 25.1 Å². The van der Waals surface area contributed by atoms with Crippen molar-refractivity contribution in [3.05, 3.63) is 30.0 Å². The lowest BCUT2D eigenvalue weighted by atomic mass is 10.4. The Balaban J connectivity index is 0.000000612. The molecule has 0 bridgehead atoms. The van der Waals surface area contributed by atoms with E-state index in [1.807, 2.05) is 18.6 Å². The van der Waals surface area contributed by atoms with Crippen LogP contribution in [0.2, 0.25) is 0 Å². The highest BCUT2D eigenvalue weighted by Crippen LogP contribution is 2.15. The molecule has 0 aliphatic rings. The van der Waals surface area contributed by atoms with Crippen LogP contribution in [-0.4, -0.2) is 41.3 Å². The Morgan fingerprint density at radius 2 is 1.95 bits per heavy atom. The maximum absolute atomic E-state index is 8.12. The highest BCUT2D eigenvalue weighted by Gasteiger charge is 2.02. The maximum atomic E-state index is 8.12. The van der Waals surface area contributed by atoms with Gasteiger partial charge in [-0.3, -0.25) is 0 Å². The summed E-state index contributed by atoms with van der Waals surface area (Å²) in [4.78, 5) is 30.6. The normalized spacial score (nSPS) is 9.05. The molecule has 0 aromatic carbocycles. The number of carbonyl (C=O) groups excluding carboxylic acids is 2. The van der Waals surface area contributed by atoms with E-state index < -0.39 is 0 Å². The van der Waals surface area contributed by atoms with Crippen LogP contribution in [0.1, 0.15) is 6.42 Å². The molecule has 2 heterocycles. The maximum Gasteiger partial charge on any atom is 0.373 e. The molecule has 0 unspecified atom stereocenters. The third-order valence-electron chi connectivity index (χ3n) is 2.16. The molecule has 0 fully saturated rings. The van der Waals surface area contributed by atoms with Gasteiger partial charge in [0.1, 0.15) is 0 Å². The molecule has 106 valence electrons. The Bertz CT molecular complexity index is 501. The standard InChI is InChI=1S/C11H14N4OS.CO2/c1-15(11-14-6-9-17-11)7-3-8-16-10-12-4-2-5-13-10;2-1-3/h2,4-6,9H,3,7-8H2,1H3;. The molecule has 0 N–H and O–H groups in total. The minimum absolute atomic E-state index is 0.250. The number of ether oxygens (including phenoxy) is 1. The minimum atomic E-state index is 0.250. The Morgan fingerprint density at radius 3 is 2.55 bits per heavy atom. The third-order valence-corrected chi connectivity index (χ3v) is 3.04. The van der Waals surface area contributed by atoms with E-state index in [4.69, 9.17) is 14.3 Å². The van der Waals surface area contributed by atoms with Crippen molar-refractivity contribution in [3.63, 3.8) is 0 Å². The van der Waals surface area contributed by atoms with Gasteiger partial charge in [0.15, 0.2) is 5.13 Å². The fourth-order valence-electron chi connectivity index (χ4n) is 1.33. The topological polar surface area (TPSA) is 85.3 Å². The summed E-state index contributed by atoms with van der Waals surface area (Å²) in [7, 11) is 2.03. The molecule has 7 nitrogen and oxygen atoms in total. The van der Waals surface area contributed by atoms with Crippen LogP contribution in [0.5, 0.6) is 6.01 Å². The lowest BCUT2D eigenvalue weighted by molar-refractivity contribution is -0.191. The first-order valence-corrected chi connectivity index (χ1v) is 6.65. The SMILES string of the molecule is CN(CCCOc1ncccn1)c1nccs1.O=C=O. The van der Waals surface area contributed by atoms with Crippen LogP contribution in [-0.2, 0) is 9.59 Å². The van der Waals surface area contributed by atoms with Gasteiger partial charge in [-0.25, -0.2) is 15.0 Å². The average Bonchev–Trinajstić information content (AvgIpc) is 3.00. The molecular formula is C12H14N4O3S. The van der Waals surface area contributed by atoms with Crippen LogP contribution in [0.4, 0.5) is 5.13 Å². The van der Waals surface area contributed by atoms with E-state index in [2.05, 4.69) is 19.9 Å². The molecule has 2 aromatic heterocycles. The van der Waals surface area contributed by atoms with E-state index in [-0.39, 0.29) is 6.15 Å². The number of anilines is 1. The fraction of sp³-hybridized carbons (Fsp3) is 0.333. The van der Waals surface area contributed by atoms with Crippen LogP contribution in [0, 0.1) is 0 Å². The van der Waals surface area contributed by atoms with E-state index in [9.17, 15) is 0 Å². The molecule has 0 radical (unpaired) electrons. The van der Waals surface area contributed by atoms with E-state index in [0.29, 0.717) is 12.6 Å². The summed E-state index contributed by atoms with van der Waals surface area (Å²) >= 11 is 1.63. The summed E-state index contributed by atoms with van der Waals surface area (Å²) in [6.07, 6.45) is 6.31. The third kappa shape index (κ3) is 6.03. The number of hydrogen-bond donors (Lipinski definition) is 0. The number of aromatic nitrogens is 3. The zero-order valence-electron chi connectivity index (χ0n) is 10.9. The second-order valence-electron chi connectivity index (χ2n) is 3.55. The number of rotatable bonds is 6. The second kappa shape index (κ2) is 9.60. The molecule has 0 saturated carbocycles. The number of thiazole rings is 1. The van der Waals surface area contributed by atoms with Crippen LogP contribution >= 0.6 is 11.3 Å². The van der Waals surface area contributed by atoms with E-state index >= 15 is 0 Å². The first kappa shape index (κ1) is 15.7. The van der Waals surface area contributed by atoms with Crippen molar-refractivity contribution < 1.29 is 14.3 Å². The van der Waals surface area contributed by atoms with Gasteiger partial charge in [0.25, 0.3) is 0 Å². The summed E-state index contributed by atoms with van der Waals surface area (Å²) in [5, 5.41) is 3.00. The number of nitrogens with zero attached hydrogens (tertiary/aromatic N) is 4. The predicted molar refractivity (Wildman–Crippen MR) is 72.5 cm³/mol. The fourth-order valence-corrected chi connectivity index (χ4v) is 1.96. The van der Waals surface area contributed by atoms with Crippen molar-refractivity contribution in [2.24, 2.45) is 0 Å². The molecule has 2 aromatic rings. The summed E-state index contributed by atoms with van der Waals surface area (Å²) in [6, 6.07) is 2.20. The first-order chi connectivity index (χ1) is 9.77. The minimum Gasteiger partial charge on any atom is -0.463 e.